The maximum absolute atomic E-state index is 9.95. The molecule has 0 amide bonds. The number of benzene rings is 7. The quantitative estimate of drug-likeness (QED) is 0.206. The monoisotopic (exact) mass is 587 g/mol. The summed E-state index contributed by atoms with van der Waals surface area (Å²) in [6.07, 6.45) is 0. The van der Waals surface area contributed by atoms with E-state index in [0.717, 1.165) is 88.4 Å². The summed E-state index contributed by atoms with van der Waals surface area (Å²) >= 11 is 0. The fraction of sp³-hybridized carbons (Fsp3) is 0. The minimum atomic E-state index is 0.606. The molecular formula is C43H25NO2. The highest BCUT2D eigenvalue weighted by Crippen LogP contribution is 2.49. The van der Waals surface area contributed by atoms with Gasteiger partial charge in [-0.1, -0.05) is 127 Å². The van der Waals surface area contributed by atoms with Gasteiger partial charge in [0.15, 0.2) is 0 Å². The SMILES string of the molecule is N#Cc1cccc(-c2c(-c3cccc4c3oc3ccccc34)ccc(-c3cccc4c3oc3ccccc34)c2-c2ccccc2)c1. The molecule has 0 aliphatic carbocycles. The van der Waals surface area contributed by atoms with Crippen molar-refractivity contribution >= 4 is 43.9 Å². The molecule has 0 fully saturated rings. The second-order valence-corrected chi connectivity index (χ2v) is 11.5. The summed E-state index contributed by atoms with van der Waals surface area (Å²) in [5.41, 5.74) is 12.2. The van der Waals surface area contributed by atoms with Gasteiger partial charge in [0, 0.05) is 32.7 Å². The van der Waals surface area contributed by atoms with E-state index in [0.29, 0.717) is 5.56 Å². The average molecular weight is 588 g/mol. The summed E-state index contributed by atoms with van der Waals surface area (Å²) in [5, 5.41) is 14.3. The van der Waals surface area contributed by atoms with Crippen molar-refractivity contribution in [3.05, 3.63) is 157 Å². The van der Waals surface area contributed by atoms with Gasteiger partial charge in [0.05, 0.1) is 11.6 Å². The first-order valence-corrected chi connectivity index (χ1v) is 15.3. The van der Waals surface area contributed by atoms with Gasteiger partial charge < -0.3 is 8.83 Å². The van der Waals surface area contributed by atoms with Gasteiger partial charge in [0.25, 0.3) is 0 Å². The Morgan fingerprint density at radius 2 is 0.870 bits per heavy atom. The van der Waals surface area contributed by atoms with Gasteiger partial charge in [-0.05, 0) is 57.6 Å². The largest absolute Gasteiger partial charge is 0.455 e. The van der Waals surface area contributed by atoms with E-state index in [2.05, 4.69) is 97.1 Å². The van der Waals surface area contributed by atoms with E-state index in [4.69, 9.17) is 8.83 Å². The fourth-order valence-corrected chi connectivity index (χ4v) is 6.92. The molecule has 0 aliphatic heterocycles. The topological polar surface area (TPSA) is 50.1 Å². The lowest BCUT2D eigenvalue weighted by molar-refractivity contribution is 0.669. The first kappa shape index (κ1) is 26.1. The second kappa shape index (κ2) is 10.4. The van der Waals surface area contributed by atoms with Crippen LogP contribution < -0.4 is 0 Å². The first-order valence-electron chi connectivity index (χ1n) is 15.3. The zero-order valence-electron chi connectivity index (χ0n) is 24.7. The number of para-hydroxylation sites is 4. The number of hydrogen-bond donors (Lipinski definition) is 0. The van der Waals surface area contributed by atoms with Crippen molar-refractivity contribution in [1.29, 1.82) is 5.26 Å². The molecule has 0 saturated carbocycles. The Labute approximate surface area is 265 Å². The van der Waals surface area contributed by atoms with Crippen LogP contribution in [0.3, 0.4) is 0 Å². The van der Waals surface area contributed by atoms with Crippen LogP contribution in [0.2, 0.25) is 0 Å². The molecule has 0 N–H and O–H groups in total. The molecule has 2 heterocycles. The normalized spacial score (nSPS) is 11.5. The fourth-order valence-electron chi connectivity index (χ4n) is 6.92. The predicted molar refractivity (Wildman–Crippen MR) is 187 cm³/mol. The molecule has 2 aromatic heterocycles. The molecule has 46 heavy (non-hydrogen) atoms. The Balaban J connectivity index is 1.44. The zero-order valence-corrected chi connectivity index (χ0v) is 24.7. The third-order valence-electron chi connectivity index (χ3n) is 8.94. The summed E-state index contributed by atoms with van der Waals surface area (Å²) < 4.78 is 13.1. The van der Waals surface area contributed by atoms with Crippen LogP contribution in [-0.4, -0.2) is 0 Å². The minimum Gasteiger partial charge on any atom is -0.455 e. The van der Waals surface area contributed by atoms with Gasteiger partial charge in [0.2, 0.25) is 0 Å². The lowest BCUT2D eigenvalue weighted by Crippen LogP contribution is -1.95. The van der Waals surface area contributed by atoms with Gasteiger partial charge in [-0.25, -0.2) is 0 Å². The van der Waals surface area contributed by atoms with Gasteiger partial charge in [0.1, 0.15) is 22.3 Å². The highest BCUT2D eigenvalue weighted by Gasteiger charge is 2.24. The molecular weight excluding hydrogens is 562 g/mol. The molecule has 214 valence electrons. The molecule has 7 aromatic carbocycles. The van der Waals surface area contributed by atoms with Crippen LogP contribution in [0.25, 0.3) is 88.4 Å². The van der Waals surface area contributed by atoms with Crippen molar-refractivity contribution in [2.45, 2.75) is 0 Å². The van der Waals surface area contributed by atoms with Crippen LogP contribution in [0.4, 0.5) is 0 Å². The third kappa shape index (κ3) is 3.98. The molecule has 0 atom stereocenters. The Morgan fingerprint density at radius 3 is 1.46 bits per heavy atom. The van der Waals surface area contributed by atoms with Crippen molar-refractivity contribution in [2.24, 2.45) is 0 Å². The standard InChI is InChI=1S/C43H25NO2/c44-26-27-11-8-14-29(25-27)41-33(37-20-10-18-35-31-16-5-7-22-39(31)46-43(35)37)24-23-32(40(41)28-12-2-1-3-13-28)36-19-9-17-34-30-15-4-6-21-38(30)45-42(34)36/h1-25H. The number of hydrogen-bond acceptors (Lipinski definition) is 3. The lowest BCUT2D eigenvalue weighted by atomic mass is 9.82. The molecule has 9 rings (SSSR count). The smallest absolute Gasteiger partial charge is 0.143 e. The van der Waals surface area contributed by atoms with Gasteiger partial charge >= 0.3 is 0 Å². The number of nitrogens with zero attached hydrogens (tertiary/aromatic N) is 1. The third-order valence-corrected chi connectivity index (χ3v) is 8.94. The summed E-state index contributed by atoms with van der Waals surface area (Å²) in [5.74, 6) is 0. The van der Waals surface area contributed by atoms with Crippen LogP contribution >= 0.6 is 0 Å². The number of furan rings is 2. The summed E-state index contributed by atoms with van der Waals surface area (Å²) in [6.45, 7) is 0. The van der Waals surface area contributed by atoms with Crippen LogP contribution in [0, 0.1) is 11.3 Å². The molecule has 0 radical (unpaired) electrons. The van der Waals surface area contributed by atoms with Gasteiger partial charge in [-0.2, -0.15) is 5.26 Å². The maximum Gasteiger partial charge on any atom is 0.143 e. The Kier molecular flexibility index (Phi) is 5.88. The van der Waals surface area contributed by atoms with Crippen molar-refractivity contribution in [1.82, 2.24) is 0 Å². The van der Waals surface area contributed by atoms with Crippen LogP contribution in [-0.2, 0) is 0 Å². The maximum atomic E-state index is 9.95. The van der Waals surface area contributed by atoms with Crippen LogP contribution in [0.15, 0.2) is 160 Å². The molecule has 0 aliphatic rings. The van der Waals surface area contributed by atoms with Crippen molar-refractivity contribution in [2.75, 3.05) is 0 Å². The van der Waals surface area contributed by atoms with E-state index in [9.17, 15) is 5.26 Å². The highest BCUT2D eigenvalue weighted by atomic mass is 16.3. The second-order valence-electron chi connectivity index (χ2n) is 11.5. The number of nitriles is 1. The zero-order chi connectivity index (χ0) is 30.6. The predicted octanol–water partition coefficient (Wildman–Crippen LogP) is 12.0. The number of fused-ring (bicyclic) bond motifs is 6. The van der Waals surface area contributed by atoms with Crippen molar-refractivity contribution in [3.8, 4) is 50.6 Å². The number of rotatable bonds is 4. The summed E-state index contributed by atoms with van der Waals surface area (Å²) in [4.78, 5) is 0. The van der Waals surface area contributed by atoms with Gasteiger partial charge in [-0.15, -0.1) is 0 Å². The van der Waals surface area contributed by atoms with Crippen LogP contribution in [0.5, 0.6) is 0 Å². The van der Waals surface area contributed by atoms with Crippen LogP contribution in [0.1, 0.15) is 5.56 Å². The molecule has 0 unspecified atom stereocenters. The van der Waals surface area contributed by atoms with Crippen molar-refractivity contribution in [3.63, 3.8) is 0 Å². The highest BCUT2D eigenvalue weighted by molar-refractivity contribution is 6.15. The van der Waals surface area contributed by atoms with E-state index in [-0.39, 0.29) is 0 Å². The summed E-state index contributed by atoms with van der Waals surface area (Å²) in [7, 11) is 0. The molecule has 9 aromatic rings. The summed E-state index contributed by atoms with van der Waals surface area (Å²) in [6, 6.07) is 54.2. The molecule has 0 saturated heterocycles. The minimum absolute atomic E-state index is 0.606. The van der Waals surface area contributed by atoms with Crippen molar-refractivity contribution < 1.29 is 8.83 Å². The van der Waals surface area contributed by atoms with E-state index in [1.165, 1.54) is 0 Å². The Bertz CT molecular complexity index is 2650. The lowest BCUT2D eigenvalue weighted by Gasteiger charge is -2.21. The average Bonchev–Trinajstić information content (AvgIpc) is 3.70. The molecule has 3 heteroatoms. The Hall–Kier alpha value is -6.37. The molecule has 0 bridgehead atoms. The first-order chi connectivity index (χ1) is 22.8. The Morgan fingerprint density at radius 1 is 0.391 bits per heavy atom. The van der Waals surface area contributed by atoms with E-state index < -0.39 is 0 Å². The van der Waals surface area contributed by atoms with E-state index >= 15 is 0 Å². The van der Waals surface area contributed by atoms with E-state index in [1.807, 2.05) is 60.7 Å². The van der Waals surface area contributed by atoms with Gasteiger partial charge in [-0.3, -0.25) is 0 Å². The molecule has 3 nitrogen and oxygen atoms in total. The van der Waals surface area contributed by atoms with E-state index in [1.54, 1.807) is 0 Å². The molecule has 0 spiro atoms.